The molecule has 3 aromatic rings. The fourth-order valence-electron chi connectivity index (χ4n) is 2.14. The Balaban J connectivity index is 1.47. The molecule has 1 aromatic heterocycles. The van der Waals surface area contributed by atoms with Crippen LogP contribution in [0.25, 0.3) is 10.2 Å². The van der Waals surface area contributed by atoms with Crippen LogP contribution in [0.1, 0.15) is 0 Å². The number of para-hydroxylation sites is 1. The predicted octanol–water partition coefficient (Wildman–Crippen LogP) is 2.44. The van der Waals surface area contributed by atoms with Crippen LogP contribution in [0.5, 0.6) is 11.5 Å². The van der Waals surface area contributed by atoms with Crippen LogP contribution < -0.4 is 20.1 Å². The summed E-state index contributed by atoms with van der Waals surface area (Å²) in [6.45, 7) is -0.311. The van der Waals surface area contributed by atoms with Gasteiger partial charge in [-0.2, -0.15) is 0 Å². The van der Waals surface area contributed by atoms with Crippen molar-refractivity contribution in [2.75, 3.05) is 25.6 Å². The predicted molar refractivity (Wildman–Crippen MR) is 99.7 cm³/mol. The van der Waals surface area contributed by atoms with Crippen molar-refractivity contribution in [3.63, 3.8) is 0 Å². The summed E-state index contributed by atoms with van der Waals surface area (Å²) in [5.41, 5.74) is 0.770. The first-order valence-electron chi connectivity index (χ1n) is 7.83. The van der Waals surface area contributed by atoms with Crippen molar-refractivity contribution >= 4 is 38.5 Å². The standard InChI is InChI=1S/C18H17N3O4S/c1-24-13-7-8-14-15(9-13)26-18(20-14)21-16(22)10-19-17(23)11-25-12-5-3-2-4-6-12/h2-9H,10-11H2,1H3,(H,19,23)(H,20,21,22). The SMILES string of the molecule is COc1ccc2nc(NC(=O)CNC(=O)COc3ccccc3)sc2c1. The second-order valence-corrected chi connectivity index (χ2v) is 6.31. The van der Waals surface area contributed by atoms with E-state index in [4.69, 9.17) is 9.47 Å². The third-order valence-electron chi connectivity index (χ3n) is 3.40. The largest absolute Gasteiger partial charge is 0.497 e. The monoisotopic (exact) mass is 371 g/mol. The van der Waals surface area contributed by atoms with Crippen molar-refractivity contribution in [2.24, 2.45) is 0 Å². The molecule has 26 heavy (non-hydrogen) atoms. The minimum atomic E-state index is -0.377. The summed E-state index contributed by atoms with van der Waals surface area (Å²) in [7, 11) is 1.59. The van der Waals surface area contributed by atoms with E-state index in [1.54, 1.807) is 25.3 Å². The molecule has 8 heteroatoms. The van der Waals surface area contributed by atoms with Crippen LogP contribution in [0.3, 0.4) is 0 Å². The van der Waals surface area contributed by atoms with Crippen LogP contribution in [-0.2, 0) is 9.59 Å². The van der Waals surface area contributed by atoms with E-state index in [-0.39, 0.29) is 25.0 Å². The van der Waals surface area contributed by atoms with Crippen LogP contribution in [-0.4, -0.2) is 37.1 Å². The number of nitrogens with one attached hydrogen (secondary N) is 2. The molecule has 0 radical (unpaired) electrons. The van der Waals surface area contributed by atoms with E-state index in [2.05, 4.69) is 15.6 Å². The summed E-state index contributed by atoms with van der Waals surface area (Å²) in [5.74, 6) is 0.587. The number of carbonyl (C=O) groups is 2. The Morgan fingerprint density at radius 2 is 1.88 bits per heavy atom. The van der Waals surface area contributed by atoms with E-state index in [1.807, 2.05) is 30.3 Å². The highest BCUT2D eigenvalue weighted by Crippen LogP contribution is 2.28. The molecule has 0 aliphatic heterocycles. The topological polar surface area (TPSA) is 89.5 Å². The van der Waals surface area contributed by atoms with E-state index in [0.29, 0.717) is 10.9 Å². The van der Waals surface area contributed by atoms with Gasteiger partial charge in [-0.05, 0) is 30.3 Å². The lowest BCUT2D eigenvalue weighted by atomic mass is 10.3. The third kappa shape index (κ3) is 4.70. The maximum absolute atomic E-state index is 12.0. The lowest BCUT2D eigenvalue weighted by Crippen LogP contribution is -2.35. The first-order chi connectivity index (χ1) is 12.6. The molecule has 0 bridgehead atoms. The molecule has 0 saturated heterocycles. The number of benzene rings is 2. The molecule has 1 heterocycles. The summed E-state index contributed by atoms with van der Waals surface area (Å²) in [6.07, 6.45) is 0. The molecule has 0 unspecified atom stereocenters. The van der Waals surface area contributed by atoms with Gasteiger partial charge in [0, 0.05) is 0 Å². The number of carbonyl (C=O) groups excluding carboxylic acids is 2. The van der Waals surface area contributed by atoms with Crippen LogP contribution in [0.15, 0.2) is 48.5 Å². The van der Waals surface area contributed by atoms with E-state index in [1.165, 1.54) is 11.3 Å². The van der Waals surface area contributed by atoms with Gasteiger partial charge in [0.15, 0.2) is 11.7 Å². The van der Waals surface area contributed by atoms with Crippen molar-refractivity contribution in [3.8, 4) is 11.5 Å². The third-order valence-corrected chi connectivity index (χ3v) is 4.33. The Morgan fingerprint density at radius 1 is 1.08 bits per heavy atom. The number of methoxy groups -OCH3 is 1. The Hall–Kier alpha value is -3.13. The van der Waals surface area contributed by atoms with E-state index < -0.39 is 0 Å². The van der Waals surface area contributed by atoms with Crippen molar-refractivity contribution < 1.29 is 19.1 Å². The molecular formula is C18H17N3O4S. The number of aromatic nitrogens is 1. The molecule has 0 aliphatic carbocycles. The van der Waals surface area contributed by atoms with Gasteiger partial charge in [-0.1, -0.05) is 29.5 Å². The van der Waals surface area contributed by atoms with Gasteiger partial charge in [0.25, 0.3) is 5.91 Å². The van der Waals surface area contributed by atoms with Crippen molar-refractivity contribution in [3.05, 3.63) is 48.5 Å². The van der Waals surface area contributed by atoms with Crippen LogP contribution >= 0.6 is 11.3 Å². The van der Waals surface area contributed by atoms with E-state index in [9.17, 15) is 9.59 Å². The minimum absolute atomic E-state index is 0.155. The molecule has 3 rings (SSSR count). The number of thiazole rings is 1. The van der Waals surface area contributed by atoms with Crippen molar-refractivity contribution in [1.82, 2.24) is 10.3 Å². The van der Waals surface area contributed by atoms with Crippen molar-refractivity contribution in [1.29, 1.82) is 0 Å². The lowest BCUT2D eigenvalue weighted by Gasteiger charge is -2.07. The quantitative estimate of drug-likeness (QED) is 0.666. The van der Waals surface area contributed by atoms with Crippen molar-refractivity contribution in [2.45, 2.75) is 0 Å². The number of hydrogen-bond donors (Lipinski definition) is 2. The van der Waals surface area contributed by atoms with Gasteiger partial charge in [0.1, 0.15) is 11.5 Å². The number of anilines is 1. The molecule has 0 fully saturated rings. The normalized spacial score (nSPS) is 10.3. The molecule has 0 atom stereocenters. The van der Waals surface area contributed by atoms with Gasteiger partial charge in [0.2, 0.25) is 5.91 Å². The number of ether oxygens (including phenoxy) is 2. The Labute approximate surface area is 154 Å². The molecule has 0 spiro atoms. The average molecular weight is 371 g/mol. The second-order valence-electron chi connectivity index (χ2n) is 5.28. The molecule has 0 saturated carbocycles. The molecular weight excluding hydrogens is 354 g/mol. The summed E-state index contributed by atoms with van der Waals surface area (Å²) < 4.78 is 11.4. The molecule has 0 aliphatic rings. The van der Waals surface area contributed by atoms with Gasteiger partial charge in [-0.25, -0.2) is 4.98 Å². The van der Waals surface area contributed by atoms with Gasteiger partial charge in [-0.3, -0.25) is 9.59 Å². The molecule has 2 N–H and O–H groups in total. The number of nitrogens with zero attached hydrogens (tertiary/aromatic N) is 1. The highest BCUT2D eigenvalue weighted by atomic mass is 32.1. The first kappa shape index (κ1) is 17.7. The fraction of sp³-hybridized carbons (Fsp3) is 0.167. The van der Waals surface area contributed by atoms with Crippen LogP contribution in [0.4, 0.5) is 5.13 Å². The molecule has 134 valence electrons. The molecule has 7 nitrogen and oxygen atoms in total. The Morgan fingerprint density at radius 3 is 2.65 bits per heavy atom. The van der Waals surface area contributed by atoms with Crippen LogP contribution in [0.2, 0.25) is 0 Å². The van der Waals surface area contributed by atoms with Gasteiger partial charge in [0.05, 0.1) is 23.9 Å². The maximum atomic E-state index is 12.0. The maximum Gasteiger partial charge on any atom is 0.258 e. The highest BCUT2D eigenvalue weighted by Gasteiger charge is 2.10. The zero-order chi connectivity index (χ0) is 18.4. The summed E-state index contributed by atoms with van der Waals surface area (Å²) in [4.78, 5) is 28.0. The zero-order valence-electron chi connectivity index (χ0n) is 14.0. The Kier molecular flexibility index (Phi) is 5.65. The number of rotatable bonds is 7. The van der Waals surface area contributed by atoms with Crippen LogP contribution in [0, 0.1) is 0 Å². The van der Waals surface area contributed by atoms with E-state index in [0.717, 1.165) is 16.0 Å². The van der Waals surface area contributed by atoms with Gasteiger partial charge < -0.3 is 20.1 Å². The summed E-state index contributed by atoms with van der Waals surface area (Å²) in [6, 6.07) is 14.5. The Bertz CT molecular complexity index is 911. The molecule has 2 aromatic carbocycles. The number of amides is 2. The lowest BCUT2D eigenvalue weighted by molar-refractivity contribution is -0.125. The van der Waals surface area contributed by atoms with Gasteiger partial charge >= 0.3 is 0 Å². The summed E-state index contributed by atoms with van der Waals surface area (Å²) in [5, 5.41) is 5.64. The number of fused-ring (bicyclic) bond motifs is 1. The zero-order valence-corrected chi connectivity index (χ0v) is 14.8. The summed E-state index contributed by atoms with van der Waals surface area (Å²) >= 11 is 1.34. The van der Waals surface area contributed by atoms with E-state index >= 15 is 0 Å². The smallest absolute Gasteiger partial charge is 0.258 e. The highest BCUT2D eigenvalue weighted by molar-refractivity contribution is 7.22. The second kappa shape index (κ2) is 8.30. The minimum Gasteiger partial charge on any atom is -0.497 e. The fourth-order valence-corrected chi connectivity index (χ4v) is 3.05. The number of hydrogen-bond acceptors (Lipinski definition) is 6. The average Bonchev–Trinajstić information content (AvgIpc) is 3.06. The first-order valence-corrected chi connectivity index (χ1v) is 8.64. The molecule has 2 amide bonds. The van der Waals surface area contributed by atoms with Gasteiger partial charge in [-0.15, -0.1) is 0 Å².